The van der Waals surface area contributed by atoms with Gasteiger partial charge in [-0.3, -0.25) is 9.69 Å². The fourth-order valence-corrected chi connectivity index (χ4v) is 3.25. The summed E-state index contributed by atoms with van der Waals surface area (Å²) >= 11 is 0. The zero-order valence-corrected chi connectivity index (χ0v) is 12.1. The molecule has 0 aromatic heterocycles. The van der Waals surface area contributed by atoms with Crippen LogP contribution in [0.3, 0.4) is 0 Å². The van der Waals surface area contributed by atoms with Gasteiger partial charge in [0.2, 0.25) is 0 Å². The van der Waals surface area contributed by atoms with Crippen molar-refractivity contribution in [3.63, 3.8) is 0 Å². The van der Waals surface area contributed by atoms with Crippen molar-refractivity contribution in [2.24, 2.45) is 5.92 Å². The predicted molar refractivity (Wildman–Crippen MR) is 72.0 cm³/mol. The molecular weight excluding hydrogens is 262 g/mol. The average molecular weight is 287 g/mol. The van der Waals surface area contributed by atoms with Crippen molar-refractivity contribution in [1.82, 2.24) is 4.90 Å². The topological polar surface area (TPSA) is 90.2 Å². The van der Waals surface area contributed by atoms with Gasteiger partial charge in [-0.05, 0) is 19.3 Å². The molecule has 0 saturated carbocycles. The average Bonchev–Trinajstić information content (AvgIpc) is 2.78. The maximum absolute atomic E-state index is 12.0. The number of esters is 1. The molecule has 20 heavy (non-hydrogen) atoms. The van der Waals surface area contributed by atoms with Crippen LogP contribution in [0.2, 0.25) is 0 Å². The minimum atomic E-state index is -1.14. The van der Waals surface area contributed by atoms with Crippen LogP contribution in [0.5, 0.6) is 0 Å². The maximum Gasteiger partial charge on any atom is 0.309 e. The molecule has 0 aromatic carbocycles. The number of fused-ring (bicyclic) bond motifs is 1. The second-order valence-corrected chi connectivity index (χ2v) is 5.81. The quantitative estimate of drug-likeness (QED) is 0.604. The lowest BCUT2D eigenvalue weighted by Gasteiger charge is -2.42. The highest BCUT2D eigenvalue weighted by atomic mass is 16.6. The Labute approximate surface area is 119 Å². The molecule has 3 N–H and O–H groups in total. The first-order valence-electron chi connectivity index (χ1n) is 7.48. The minimum Gasteiger partial charge on any atom is -0.458 e. The van der Waals surface area contributed by atoms with Crippen LogP contribution in [0.1, 0.15) is 33.1 Å². The number of carbonyl (C=O) groups is 1. The minimum absolute atomic E-state index is 0.166. The molecule has 0 aliphatic carbocycles. The molecule has 6 nitrogen and oxygen atoms in total. The van der Waals surface area contributed by atoms with Crippen molar-refractivity contribution in [3.8, 4) is 0 Å². The first kappa shape index (κ1) is 15.7. The number of nitrogens with zero attached hydrogens (tertiary/aromatic N) is 1. The molecule has 1 unspecified atom stereocenters. The molecule has 0 bridgehead atoms. The summed E-state index contributed by atoms with van der Waals surface area (Å²) in [5.41, 5.74) is 0. The number of aliphatic hydroxyl groups excluding tert-OH is 3. The summed E-state index contributed by atoms with van der Waals surface area (Å²) in [6.07, 6.45) is -1.60. The van der Waals surface area contributed by atoms with Gasteiger partial charge in [0.25, 0.3) is 0 Å². The zero-order valence-electron chi connectivity index (χ0n) is 12.1. The molecule has 2 aliphatic heterocycles. The summed E-state index contributed by atoms with van der Waals surface area (Å²) in [7, 11) is 0. The molecule has 2 aliphatic rings. The number of hydrogen-bond acceptors (Lipinski definition) is 6. The van der Waals surface area contributed by atoms with Crippen LogP contribution >= 0.6 is 0 Å². The van der Waals surface area contributed by atoms with Gasteiger partial charge in [0, 0.05) is 13.1 Å². The van der Waals surface area contributed by atoms with E-state index in [4.69, 9.17) is 4.74 Å². The normalized spacial score (nSPS) is 38.0. The summed E-state index contributed by atoms with van der Waals surface area (Å²) in [6, 6.07) is -0.451. The van der Waals surface area contributed by atoms with E-state index >= 15 is 0 Å². The number of rotatable bonds is 4. The molecule has 116 valence electrons. The highest BCUT2D eigenvalue weighted by Crippen LogP contribution is 2.29. The van der Waals surface area contributed by atoms with Gasteiger partial charge in [-0.1, -0.05) is 13.8 Å². The Morgan fingerprint density at radius 2 is 1.90 bits per heavy atom. The molecule has 5 atom stereocenters. The smallest absolute Gasteiger partial charge is 0.309 e. The van der Waals surface area contributed by atoms with Crippen molar-refractivity contribution < 1.29 is 24.9 Å². The fraction of sp³-hybridized carbons (Fsp3) is 0.929. The van der Waals surface area contributed by atoms with Gasteiger partial charge < -0.3 is 20.1 Å². The van der Waals surface area contributed by atoms with E-state index in [1.165, 1.54) is 0 Å². The number of ether oxygens (including phenoxy) is 1. The third-order valence-corrected chi connectivity index (χ3v) is 4.61. The van der Waals surface area contributed by atoms with Crippen molar-refractivity contribution in [3.05, 3.63) is 0 Å². The molecule has 6 heteroatoms. The van der Waals surface area contributed by atoms with Crippen molar-refractivity contribution in [2.75, 3.05) is 13.1 Å². The van der Waals surface area contributed by atoms with Crippen LogP contribution in [0, 0.1) is 5.92 Å². The predicted octanol–water partition coefficient (Wildman–Crippen LogP) is -0.495. The first-order chi connectivity index (χ1) is 9.49. The van der Waals surface area contributed by atoms with Crippen LogP contribution < -0.4 is 0 Å². The van der Waals surface area contributed by atoms with Crippen LogP contribution in [0.15, 0.2) is 0 Å². The molecule has 0 spiro atoms. The van der Waals surface area contributed by atoms with Gasteiger partial charge in [-0.2, -0.15) is 0 Å². The molecule has 2 heterocycles. The van der Waals surface area contributed by atoms with Crippen LogP contribution in [0.4, 0.5) is 0 Å². The molecule has 0 amide bonds. The molecule has 0 radical (unpaired) electrons. The van der Waals surface area contributed by atoms with Crippen molar-refractivity contribution >= 4 is 5.97 Å². The Balaban J connectivity index is 2.01. The van der Waals surface area contributed by atoms with Gasteiger partial charge in [0.15, 0.2) is 0 Å². The summed E-state index contributed by atoms with van der Waals surface area (Å²) in [6.45, 7) is 4.86. The van der Waals surface area contributed by atoms with E-state index in [0.717, 1.165) is 0 Å². The molecule has 2 fully saturated rings. The van der Waals surface area contributed by atoms with Gasteiger partial charge in [-0.25, -0.2) is 0 Å². The second-order valence-electron chi connectivity index (χ2n) is 5.81. The molecule has 0 aromatic rings. The fourth-order valence-electron chi connectivity index (χ4n) is 3.25. The third kappa shape index (κ3) is 2.83. The van der Waals surface area contributed by atoms with Gasteiger partial charge in [-0.15, -0.1) is 0 Å². The van der Waals surface area contributed by atoms with E-state index < -0.39 is 30.5 Å². The lowest BCUT2D eigenvalue weighted by Crippen LogP contribution is -2.62. The van der Waals surface area contributed by atoms with Gasteiger partial charge in [0.05, 0.1) is 18.1 Å². The monoisotopic (exact) mass is 287 g/mol. The van der Waals surface area contributed by atoms with E-state index in [2.05, 4.69) is 0 Å². The largest absolute Gasteiger partial charge is 0.458 e. The lowest BCUT2D eigenvalue weighted by atomic mass is 9.92. The molecule has 2 rings (SSSR count). The number of hydrogen-bond donors (Lipinski definition) is 3. The summed E-state index contributed by atoms with van der Waals surface area (Å²) in [5.74, 6) is -0.481. The highest BCUT2D eigenvalue weighted by Gasteiger charge is 2.49. The number of carbonyl (C=O) groups excluding carboxylic acids is 1. The second kappa shape index (κ2) is 6.39. The lowest BCUT2D eigenvalue weighted by molar-refractivity contribution is -0.182. The summed E-state index contributed by atoms with van der Waals surface area (Å²) in [5, 5.41) is 30.0. The highest BCUT2D eigenvalue weighted by molar-refractivity contribution is 5.72. The Bertz CT molecular complexity index is 346. The van der Waals surface area contributed by atoms with Crippen molar-refractivity contribution in [2.45, 2.75) is 63.6 Å². The van der Waals surface area contributed by atoms with E-state index in [0.29, 0.717) is 32.4 Å². The van der Waals surface area contributed by atoms with Crippen molar-refractivity contribution in [1.29, 1.82) is 0 Å². The standard InChI is InChI=1S/C14H25NO5/c1-3-8(4-2)14(19)20-10-7-15-6-5-9(16)11(15)13(18)12(10)17/h8-13,16-18H,3-7H2,1-2H3/t9-,10-,11?,12+,13+/m0/s1. The van der Waals surface area contributed by atoms with Gasteiger partial charge >= 0.3 is 5.97 Å². The summed E-state index contributed by atoms with van der Waals surface area (Å²) < 4.78 is 5.39. The Morgan fingerprint density at radius 1 is 1.25 bits per heavy atom. The van der Waals surface area contributed by atoms with Crippen LogP contribution in [-0.2, 0) is 9.53 Å². The third-order valence-electron chi connectivity index (χ3n) is 4.61. The van der Waals surface area contributed by atoms with E-state index in [1.807, 2.05) is 18.7 Å². The Hall–Kier alpha value is -0.690. The Morgan fingerprint density at radius 3 is 2.50 bits per heavy atom. The number of aliphatic hydroxyl groups is 3. The first-order valence-corrected chi connectivity index (χ1v) is 7.48. The SMILES string of the molecule is CCC(CC)C(=O)O[C@H]1CN2CC[C@H](O)C2[C@@H](O)[C@@H]1O. The Kier molecular flexibility index (Phi) is 5.01. The maximum atomic E-state index is 12.0. The number of piperidine rings is 1. The van der Waals surface area contributed by atoms with Crippen LogP contribution in [0.25, 0.3) is 0 Å². The van der Waals surface area contributed by atoms with Gasteiger partial charge in [0.1, 0.15) is 18.3 Å². The molecule has 2 saturated heterocycles. The zero-order chi connectivity index (χ0) is 14.9. The van der Waals surface area contributed by atoms with E-state index in [9.17, 15) is 20.1 Å². The molecular formula is C14H25NO5. The van der Waals surface area contributed by atoms with E-state index in [-0.39, 0.29) is 11.9 Å². The van der Waals surface area contributed by atoms with Crippen LogP contribution in [-0.4, -0.2) is 69.7 Å². The van der Waals surface area contributed by atoms with E-state index in [1.54, 1.807) is 0 Å². The summed E-state index contributed by atoms with van der Waals surface area (Å²) in [4.78, 5) is 13.9.